The molecule has 0 unspecified atom stereocenters. The summed E-state index contributed by atoms with van der Waals surface area (Å²) in [5.74, 6) is -1.48. The van der Waals surface area contributed by atoms with Crippen LogP contribution in [0.3, 0.4) is 0 Å². The summed E-state index contributed by atoms with van der Waals surface area (Å²) in [4.78, 5) is 13.2. The van der Waals surface area contributed by atoms with Crippen molar-refractivity contribution in [2.45, 2.75) is 45.3 Å². The largest absolute Gasteiger partial charge is 0.393 e. The van der Waals surface area contributed by atoms with Gasteiger partial charge in [0, 0.05) is 12.6 Å². The molecule has 1 rings (SSSR count). The van der Waals surface area contributed by atoms with E-state index in [1.165, 1.54) is 0 Å². The van der Waals surface area contributed by atoms with Crippen LogP contribution in [-0.2, 0) is 4.79 Å². The number of hydrogen-bond acceptors (Lipinski definition) is 2. The fourth-order valence-electron chi connectivity index (χ4n) is 2.09. The number of alkyl halides is 3. The molecule has 3 nitrogen and oxygen atoms in total. The molecule has 0 aliphatic carbocycles. The Bertz CT molecular complexity index is 281. The smallest absolute Gasteiger partial charge is 0.353 e. The molecule has 1 heterocycles. The molecule has 1 aliphatic heterocycles. The second-order valence-electron chi connectivity index (χ2n) is 4.99. The van der Waals surface area contributed by atoms with Crippen molar-refractivity contribution >= 4 is 5.91 Å². The van der Waals surface area contributed by atoms with E-state index in [4.69, 9.17) is 0 Å². The number of rotatable bonds is 4. The second kappa shape index (κ2) is 6.41. The van der Waals surface area contributed by atoms with Crippen molar-refractivity contribution in [1.82, 2.24) is 10.2 Å². The Morgan fingerprint density at radius 2 is 2.17 bits per heavy atom. The second-order valence-corrected chi connectivity index (χ2v) is 4.99. The van der Waals surface area contributed by atoms with Crippen LogP contribution in [0.4, 0.5) is 13.2 Å². The number of nitrogens with zero attached hydrogens (tertiary/aromatic N) is 1. The summed E-state index contributed by atoms with van der Waals surface area (Å²) in [5.41, 5.74) is 0. The Kier molecular flexibility index (Phi) is 5.44. The lowest BCUT2D eigenvalue weighted by atomic mass is 9.97. The third-order valence-corrected chi connectivity index (χ3v) is 3.36. The van der Waals surface area contributed by atoms with Crippen molar-refractivity contribution in [2.24, 2.45) is 5.92 Å². The predicted octanol–water partition coefficient (Wildman–Crippen LogP) is 2.18. The van der Waals surface area contributed by atoms with Crippen molar-refractivity contribution in [3.05, 3.63) is 0 Å². The third kappa shape index (κ3) is 4.84. The summed E-state index contributed by atoms with van der Waals surface area (Å²) in [7, 11) is 0. The molecule has 6 heteroatoms. The Morgan fingerprint density at radius 3 is 2.72 bits per heavy atom. The molecule has 1 amide bonds. The maximum absolute atomic E-state index is 12.6. The van der Waals surface area contributed by atoms with Gasteiger partial charge in [0.25, 0.3) is 0 Å². The molecule has 0 aromatic rings. The number of hydrogen-bond donors (Lipinski definition) is 1. The first-order valence-corrected chi connectivity index (χ1v) is 6.41. The topological polar surface area (TPSA) is 32.3 Å². The highest BCUT2D eigenvalue weighted by atomic mass is 19.4. The first-order chi connectivity index (χ1) is 8.32. The van der Waals surface area contributed by atoms with Crippen molar-refractivity contribution in [3.8, 4) is 0 Å². The highest BCUT2D eigenvalue weighted by molar-refractivity contribution is 5.78. The molecule has 1 fully saturated rings. The molecule has 106 valence electrons. The average molecular weight is 266 g/mol. The fourth-order valence-corrected chi connectivity index (χ4v) is 2.09. The van der Waals surface area contributed by atoms with Gasteiger partial charge >= 0.3 is 6.18 Å². The minimum atomic E-state index is -4.15. The van der Waals surface area contributed by atoms with Crippen LogP contribution in [0.25, 0.3) is 0 Å². The van der Waals surface area contributed by atoms with E-state index in [2.05, 4.69) is 5.32 Å². The van der Waals surface area contributed by atoms with Crippen LogP contribution in [0.1, 0.15) is 33.1 Å². The Morgan fingerprint density at radius 1 is 1.50 bits per heavy atom. The Labute approximate surface area is 106 Å². The van der Waals surface area contributed by atoms with E-state index in [0.717, 1.165) is 6.42 Å². The molecule has 18 heavy (non-hydrogen) atoms. The minimum Gasteiger partial charge on any atom is -0.353 e. The van der Waals surface area contributed by atoms with Gasteiger partial charge in [-0.3, -0.25) is 9.69 Å². The van der Waals surface area contributed by atoms with E-state index < -0.39 is 12.1 Å². The average Bonchev–Trinajstić information content (AvgIpc) is 2.27. The highest BCUT2D eigenvalue weighted by Gasteiger charge is 2.41. The minimum absolute atomic E-state index is 0.0581. The zero-order valence-corrected chi connectivity index (χ0v) is 10.9. The number of likely N-dealkylation sites (tertiary alicyclic amines) is 1. The maximum atomic E-state index is 12.6. The normalized spacial score (nSPS) is 23.7. The summed E-state index contributed by atoms with van der Waals surface area (Å²) in [6.45, 7) is 4.41. The van der Waals surface area contributed by atoms with Gasteiger partial charge in [0.1, 0.15) is 0 Å². The summed E-state index contributed by atoms with van der Waals surface area (Å²) in [5, 5.41) is 2.77. The first kappa shape index (κ1) is 15.3. The van der Waals surface area contributed by atoms with Crippen LogP contribution in [-0.4, -0.2) is 42.7 Å². The molecule has 1 N–H and O–H groups in total. The fraction of sp³-hybridized carbons (Fsp3) is 0.917. The van der Waals surface area contributed by atoms with Crippen LogP contribution in [0.2, 0.25) is 0 Å². The molecule has 0 radical (unpaired) electrons. The molecule has 1 aliphatic rings. The summed E-state index contributed by atoms with van der Waals surface area (Å²) in [6.07, 6.45) is -2.66. The van der Waals surface area contributed by atoms with Crippen LogP contribution < -0.4 is 5.32 Å². The van der Waals surface area contributed by atoms with Crippen molar-refractivity contribution in [2.75, 3.05) is 19.6 Å². The number of piperidine rings is 1. The van der Waals surface area contributed by atoms with E-state index in [1.807, 2.05) is 13.8 Å². The van der Waals surface area contributed by atoms with E-state index in [1.54, 1.807) is 4.90 Å². The number of carbonyl (C=O) groups is 1. The van der Waals surface area contributed by atoms with Crippen molar-refractivity contribution in [3.63, 3.8) is 0 Å². The highest BCUT2D eigenvalue weighted by Crippen LogP contribution is 2.32. The number of amides is 1. The van der Waals surface area contributed by atoms with Gasteiger partial charge in [0.15, 0.2) is 0 Å². The zero-order valence-electron chi connectivity index (χ0n) is 10.9. The van der Waals surface area contributed by atoms with Gasteiger partial charge in [-0.05, 0) is 32.7 Å². The predicted molar refractivity (Wildman–Crippen MR) is 63.1 cm³/mol. The van der Waals surface area contributed by atoms with Gasteiger partial charge < -0.3 is 5.32 Å². The zero-order chi connectivity index (χ0) is 13.8. The monoisotopic (exact) mass is 266 g/mol. The van der Waals surface area contributed by atoms with Crippen molar-refractivity contribution < 1.29 is 18.0 Å². The quantitative estimate of drug-likeness (QED) is 0.846. The van der Waals surface area contributed by atoms with Crippen LogP contribution in [0.5, 0.6) is 0 Å². The molecule has 0 aromatic carbocycles. The molecular weight excluding hydrogens is 245 g/mol. The lowest BCUT2D eigenvalue weighted by Gasteiger charge is -2.33. The van der Waals surface area contributed by atoms with Gasteiger partial charge in [0.2, 0.25) is 5.91 Å². The van der Waals surface area contributed by atoms with Gasteiger partial charge in [0.05, 0.1) is 12.5 Å². The molecule has 2 atom stereocenters. The summed E-state index contributed by atoms with van der Waals surface area (Å²) < 4.78 is 37.8. The number of carbonyl (C=O) groups excluding carboxylic acids is 1. The van der Waals surface area contributed by atoms with E-state index in [-0.39, 0.29) is 31.5 Å². The number of halogens is 3. The van der Waals surface area contributed by atoms with E-state index >= 15 is 0 Å². The SMILES string of the molecule is CC[C@@H](C)NC(=O)CN1CCC[C@@H](C(F)(F)F)C1. The van der Waals surface area contributed by atoms with Gasteiger partial charge in [-0.2, -0.15) is 13.2 Å². The lowest BCUT2D eigenvalue weighted by Crippen LogP contribution is -2.47. The van der Waals surface area contributed by atoms with Gasteiger partial charge in [-0.15, -0.1) is 0 Å². The molecule has 0 bridgehead atoms. The van der Waals surface area contributed by atoms with Crippen molar-refractivity contribution in [1.29, 1.82) is 0 Å². The van der Waals surface area contributed by atoms with Gasteiger partial charge in [-0.1, -0.05) is 6.92 Å². The maximum Gasteiger partial charge on any atom is 0.393 e. The van der Waals surface area contributed by atoms with Crippen LogP contribution >= 0.6 is 0 Å². The Hall–Kier alpha value is -0.780. The molecular formula is C12H21F3N2O. The van der Waals surface area contributed by atoms with E-state index in [0.29, 0.717) is 13.0 Å². The van der Waals surface area contributed by atoms with Crippen LogP contribution in [0, 0.1) is 5.92 Å². The first-order valence-electron chi connectivity index (χ1n) is 6.41. The molecule has 0 aromatic heterocycles. The summed E-state index contributed by atoms with van der Waals surface area (Å²) in [6, 6.07) is 0.0701. The summed E-state index contributed by atoms with van der Waals surface area (Å²) >= 11 is 0. The van der Waals surface area contributed by atoms with E-state index in [9.17, 15) is 18.0 Å². The van der Waals surface area contributed by atoms with Crippen LogP contribution in [0.15, 0.2) is 0 Å². The Balaban J connectivity index is 2.41. The third-order valence-electron chi connectivity index (χ3n) is 3.36. The molecule has 1 saturated heterocycles. The molecule has 0 saturated carbocycles. The standard InChI is InChI=1S/C12H21F3N2O/c1-3-9(2)16-11(18)8-17-6-4-5-10(7-17)12(13,14)15/h9-10H,3-8H2,1-2H3,(H,16,18)/t9-,10-/m1/s1. The van der Waals surface area contributed by atoms with Gasteiger partial charge in [-0.25, -0.2) is 0 Å². The lowest BCUT2D eigenvalue weighted by molar-refractivity contribution is -0.187. The number of nitrogens with one attached hydrogen (secondary N) is 1. The molecule has 0 spiro atoms.